The highest BCUT2D eigenvalue weighted by Crippen LogP contribution is 2.24. The average Bonchev–Trinajstić information content (AvgIpc) is 3.62. The maximum atomic E-state index is 14.0. The lowest BCUT2D eigenvalue weighted by Gasteiger charge is -2.40. The smallest absolute Gasteiger partial charge is 0.333 e. The molecule has 0 aliphatic carbocycles. The van der Waals surface area contributed by atoms with E-state index < -0.39 is 174 Å². The van der Waals surface area contributed by atoms with Gasteiger partial charge in [0.2, 0.25) is 17.7 Å². The first kappa shape index (κ1) is 55.9. The van der Waals surface area contributed by atoms with Crippen LogP contribution in [0.25, 0.3) is 0 Å². The average molecular weight is 975 g/mol. The number of rotatable bonds is 25. The minimum absolute atomic E-state index is 0.000770. The van der Waals surface area contributed by atoms with Crippen LogP contribution in [0.1, 0.15) is 38.5 Å². The zero-order valence-electron chi connectivity index (χ0n) is 36.2. The lowest BCUT2D eigenvalue weighted by molar-refractivity contribution is -0.303. The summed E-state index contributed by atoms with van der Waals surface area (Å²) in [6, 6.07) is 0. The molecule has 0 radical (unpaired) electrons. The van der Waals surface area contributed by atoms with Crippen molar-refractivity contribution in [2.45, 2.75) is 131 Å². The zero-order valence-corrected chi connectivity index (χ0v) is 36.2. The van der Waals surface area contributed by atoms with Crippen molar-refractivity contribution in [2.75, 3.05) is 72.4 Å². The van der Waals surface area contributed by atoms with Gasteiger partial charge >= 0.3 is 5.97 Å². The minimum atomic E-state index is -1.81. The first-order chi connectivity index (χ1) is 31.8. The van der Waals surface area contributed by atoms with Crippen molar-refractivity contribution < 1.29 is 123 Å². The summed E-state index contributed by atoms with van der Waals surface area (Å²) in [5.74, 6) is -4.81. The highest BCUT2D eigenvalue weighted by Gasteiger charge is 2.46. The Morgan fingerprint density at radius 3 is 1.40 bits per heavy atom. The molecule has 4 aliphatic heterocycles. The number of hydrogen-bond donors (Lipinski definition) is 13. The van der Waals surface area contributed by atoms with Gasteiger partial charge in [0.05, 0.1) is 39.6 Å². The second-order valence-electron chi connectivity index (χ2n) is 15.9. The van der Waals surface area contributed by atoms with Gasteiger partial charge in [-0.2, -0.15) is 0 Å². The van der Waals surface area contributed by atoms with Crippen molar-refractivity contribution in [3.8, 4) is 0 Å². The van der Waals surface area contributed by atoms with E-state index >= 15 is 0 Å². The molecular weight excluding hydrogens is 912 g/mol. The Hall–Kier alpha value is -3.70. The molecule has 29 nitrogen and oxygen atoms in total. The predicted octanol–water partition coefficient (Wildman–Crippen LogP) is -9.62. The quantitative estimate of drug-likeness (QED) is 0.0298. The monoisotopic (exact) mass is 974 g/mol. The fourth-order valence-electron chi connectivity index (χ4n) is 7.13. The van der Waals surface area contributed by atoms with E-state index in [4.69, 9.17) is 33.3 Å². The largest absolute Gasteiger partial charge is 0.394 e. The molecule has 4 heterocycles. The number of unbranched alkanes of at least 4 members (excludes halogenated alkanes) is 1. The summed E-state index contributed by atoms with van der Waals surface area (Å²) in [7, 11) is 0. The molecule has 4 aliphatic rings. The second kappa shape index (κ2) is 26.9. The highest BCUT2D eigenvalue weighted by atomic mass is 16.7. The molecule has 29 heteroatoms. The molecule has 4 fully saturated rings. The number of aliphatic hydroxyl groups excluding tert-OH is 12. The van der Waals surface area contributed by atoms with Crippen LogP contribution >= 0.6 is 0 Å². The number of hydroxylamine groups is 2. The Morgan fingerprint density at radius 2 is 0.970 bits per heavy atom. The van der Waals surface area contributed by atoms with Crippen LogP contribution in [0.4, 0.5) is 0 Å². The summed E-state index contributed by atoms with van der Waals surface area (Å²) < 4.78 is 32.4. The Bertz CT molecular complexity index is 1570. The van der Waals surface area contributed by atoms with Gasteiger partial charge in [-0.25, -0.2) is 4.79 Å². The first-order valence-corrected chi connectivity index (χ1v) is 21.5. The molecule has 0 unspecified atom stereocenters. The van der Waals surface area contributed by atoms with E-state index in [9.17, 15) is 90.0 Å². The normalized spacial score (nSPS) is 33.4. The third-order valence-corrected chi connectivity index (χ3v) is 11.1. The van der Waals surface area contributed by atoms with Gasteiger partial charge in [0.15, 0.2) is 18.9 Å². The number of hydrogen-bond acceptors (Lipinski definition) is 25. The van der Waals surface area contributed by atoms with Gasteiger partial charge in [-0.15, -0.1) is 5.06 Å². The number of nitrogens with zero attached hydrogens (tertiary/aromatic N) is 3. The van der Waals surface area contributed by atoms with Crippen LogP contribution in [-0.4, -0.2) is 276 Å². The fraction of sp³-hybridized carbons (Fsp3) is 0.842. The SMILES string of the molecule is O=C(CN(CC(=O)N(CCO[C@H]1O[C@H](CO)[C@@H](O)[C@H](O)[C@@H]1O)CCO[C@H]1O[C@H](CO)[C@@H](O)[C@H](O)[C@@H]1O)C(=O)CCCCC(=O)ON1C(=O)CCC1=O)NCCO[C@@H]1O[C@H](CO)[C@@H](O)[C@H](O)[C@H]1O. The number of nitrogens with one attached hydrogen (secondary N) is 1. The van der Waals surface area contributed by atoms with Gasteiger partial charge in [0.25, 0.3) is 11.8 Å². The van der Waals surface area contributed by atoms with E-state index in [-0.39, 0.29) is 64.8 Å². The third-order valence-electron chi connectivity index (χ3n) is 11.1. The summed E-state index contributed by atoms with van der Waals surface area (Å²) in [6.45, 7) is -6.19. The maximum Gasteiger partial charge on any atom is 0.333 e. The van der Waals surface area contributed by atoms with E-state index in [1.54, 1.807) is 0 Å². The third kappa shape index (κ3) is 15.4. The molecule has 0 aromatic rings. The second-order valence-corrected chi connectivity index (χ2v) is 15.9. The van der Waals surface area contributed by atoms with Gasteiger partial charge in [-0.3, -0.25) is 24.0 Å². The standard InChI is InChI=1S/C38H62N4O25/c43-15-18-27(52)30(55)33(58)36(64-18)61-10-7-39-21(46)13-41(22(47)3-1-2-4-26(51)67-42-23(48)5-6-24(42)49)14-25(50)40(8-11-62-37-34(59)31(56)28(53)19(16-44)65-37)9-12-63-38-35(60)32(57)29(54)20(17-45)66-38/h18-20,27-38,43-45,52-60H,1-17H2,(H,39,46)/t18-,19-,20-,27-,28-,29-,30+,31+,32+,33-,34+,35+,36-,37+,38+/m1/s1. The molecule has 0 bridgehead atoms. The molecule has 15 atom stereocenters. The number of aliphatic hydroxyl groups is 12. The molecule has 4 saturated heterocycles. The van der Waals surface area contributed by atoms with E-state index in [0.717, 1.165) is 9.80 Å². The highest BCUT2D eigenvalue weighted by molar-refractivity contribution is 6.01. The lowest BCUT2D eigenvalue weighted by Crippen LogP contribution is -2.59. The van der Waals surface area contributed by atoms with Crippen molar-refractivity contribution in [2.24, 2.45) is 0 Å². The summed E-state index contributed by atoms with van der Waals surface area (Å²) in [6.07, 6.45) is -25.3. The van der Waals surface area contributed by atoms with Crippen LogP contribution in [-0.2, 0) is 62.0 Å². The number of imide groups is 1. The molecule has 0 saturated carbocycles. The molecule has 0 aromatic carbocycles. The van der Waals surface area contributed by atoms with E-state index in [2.05, 4.69) is 5.32 Å². The molecule has 5 amide bonds. The van der Waals surface area contributed by atoms with Crippen LogP contribution < -0.4 is 5.32 Å². The van der Waals surface area contributed by atoms with Crippen LogP contribution in [0.3, 0.4) is 0 Å². The summed E-state index contributed by atoms with van der Waals surface area (Å²) >= 11 is 0. The first-order valence-electron chi connectivity index (χ1n) is 21.5. The zero-order chi connectivity index (χ0) is 49.5. The van der Waals surface area contributed by atoms with Crippen LogP contribution in [0.5, 0.6) is 0 Å². The lowest BCUT2D eigenvalue weighted by atomic mass is 9.99. The van der Waals surface area contributed by atoms with Gasteiger partial charge in [0.1, 0.15) is 86.3 Å². The Balaban J connectivity index is 1.43. The van der Waals surface area contributed by atoms with Gasteiger partial charge in [-0.1, -0.05) is 0 Å². The molecular formula is C38H62N4O25. The minimum Gasteiger partial charge on any atom is -0.394 e. The number of amides is 5. The molecule has 0 spiro atoms. The molecule has 384 valence electrons. The predicted molar refractivity (Wildman–Crippen MR) is 211 cm³/mol. The topological polar surface area (TPSA) is 432 Å². The van der Waals surface area contributed by atoms with Gasteiger partial charge < -0.3 is 110 Å². The van der Waals surface area contributed by atoms with Crippen LogP contribution in [0, 0.1) is 0 Å². The summed E-state index contributed by atoms with van der Waals surface area (Å²) in [5.41, 5.74) is 0. The van der Waals surface area contributed by atoms with E-state index in [1.807, 2.05) is 0 Å². The van der Waals surface area contributed by atoms with Crippen molar-refractivity contribution >= 4 is 35.5 Å². The van der Waals surface area contributed by atoms with E-state index in [0.29, 0.717) is 5.06 Å². The molecule has 0 aromatic heterocycles. The van der Waals surface area contributed by atoms with Crippen LogP contribution in [0.2, 0.25) is 0 Å². The van der Waals surface area contributed by atoms with Crippen molar-refractivity contribution in [1.29, 1.82) is 0 Å². The van der Waals surface area contributed by atoms with E-state index in [1.165, 1.54) is 0 Å². The molecule has 67 heavy (non-hydrogen) atoms. The molecule has 4 rings (SSSR count). The van der Waals surface area contributed by atoms with Gasteiger partial charge in [-0.05, 0) is 12.8 Å². The number of carbonyl (C=O) groups is 6. The summed E-state index contributed by atoms with van der Waals surface area (Å²) in [5, 5.41) is 123. The Labute approximate surface area is 381 Å². The Morgan fingerprint density at radius 1 is 0.552 bits per heavy atom. The number of ether oxygens (including phenoxy) is 6. The summed E-state index contributed by atoms with van der Waals surface area (Å²) in [4.78, 5) is 83.5. The van der Waals surface area contributed by atoms with Crippen molar-refractivity contribution in [3.05, 3.63) is 0 Å². The number of carbonyl (C=O) groups excluding carboxylic acids is 6. The van der Waals surface area contributed by atoms with Gasteiger partial charge in [0, 0.05) is 45.3 Å². The molecule has 13 N–H and O–H groups in total. The maximum absolute atomic E-state index is 14.0. The van der Waals surface area contributed by atoms with Crippen molar-refractivity contribution in [1.82, 2.24) is 20.2 Å². The fourth-order valence-corrected chi connectivity index (χ4v) is 7.13. The van der Waals surface area contributed by atoms with Crippen molar-refractivity contribution in [3.63, 3.8) is 0 Å². The Kier molecular flexibility index (Phi) is 22.4. The van der Waals surface area contributed by atoms with Crippen LogP contribution in [0.15, 0.2) is 0 Å².